The molecule has 0 bridgehead atoms. The van der Waals surface area contributed by atoms with Crippen molar-refractivity contribution >= 4 is 23.2 Å². The third-order valence-electron chi connectivity index (χ3n) is 4.41. The lowest BCUT2D eigenvalue weighted by atomic mass is 10.0. The number of carbonyl (C=O) groups excluding carboxylic acids is 2. The Morgan fingerprint density at radius 1 is 1.50 bits per heavy atom. The molecule has 0 radical (unpaired) electrons. The number of carbonyl (C=O) groups is 2. The minimum Gasteiger partial charge on any atom is -0.342 e. The molecular weight excluding hydrogens is 272 g/mol. The highest BCUT2D eigenvalue weighted by Gasteiger charge is 2.39. The Hall–Kier alpha value is -1.36. The van der Waals surface area contributed by atoms with Crippen molar-refractivity contribution in [2.45, 2.75) is 32.2 Å². The minimum absolute atomic E-state index is 0.122. The lowest BCUT2D eigenvalue weighted by Gasteiger charge is -2.27. The third-order valence-corrected chi connectivity index (χ3v) is 5.11. The molecule has 0 unspecified atom stereocenters. The van der Waals surface area contributed by atoms with Crippen LogP contribution in [0.5, 0.6) is 0 Å². The molecule has 0 aliphatic carbocycles. The highest BCUT2D eigenvalue weighted by atomic mass is 32.1. The average molecular weight is 292 g/mol. The fourth-order valence-corrected chi connectivity index (χ4v) is 4.03. The van der Waals surface area contributed by atoms with E-state index in [9.17, 15) is 9.59 Å². The smallest absolute Gasteiger partial charge is 0.228 e. The second-order valence-corrected chi connectivity index (χ2v) is 6.36. The van der Waals surface area contributed by atoms with Crippen LogP contribution in [-0.2, 0) is 9.59 Å². The normalized spacial score (nSPS) is 26.6. The van der Waals surface area contributed by atoms with Gasteiger partial charge >= 0.3 is 0 Å². The van der Waals surface area contributed by atoms with Crippen LogP contribution in [0.4, 0.5) is 0 Å². The number of thiophene rings is 1. The zero-order chi connectivity index (χ0) is 14.1. The standard InChI is InChI=1S/C15H20N2O2S/c1-2-16-9-12(8-14(16)18)15(19)17-6-3-4-13(17)11-5-7-20-10-11/h5,7,10,12-13H,2-4,6,8-9H2,1H3/t12-,13-/m1/s1. The van der Waals surface area contributed by atoms with E-state index in [0.717, 1.165) is 19.4 Å². The number of likely N-dealkylation sites (tertiary alicyclic amines) is 2. The maximum atomic E-state index is 12.7. The molecule has 2 amide bonds. The fourth-order valence-electron chi connectivity index (χ4n) is 3.32. The van der Waals surface area contributed by atoms with Gasteiger partial charge in [0.15, 0.2) is 0 Å². The summed E-state index contributed by atoms with van der Waals surface area (Å²) < 4.78 is 0. The van der Waals surface area contributed by atoms with E-state index in [1.54, 1.807) is 16.2 Å². The van der Waals surface area contributed by atoms with Crippen LogP contribution in [0.25, 0.3) is 0 Å². The van der Waals surface area contributed by atoms with Crippen molar-refractivity contribution in [1.29, 1.82) is 0 Å². The second-order valence-electron chi connectivity index (χ2n) is 5.58. The summed E-state index contributed by atoms with van der Waals surface area (Å²) in [5, 5.41) is 4.20. The number of hydrogen-bond donors (Lipinski definition) is 0. The lowest BCUT2D eigenvalue weighted by molar-refractivity contribution is -0.136. The first-order valence-electron chi connectivity index (χ1n) is 7.31. The van der Waals surface area contributed by atoms with Crippen LogP contribution in [0.1, 0.15) is 37.8 Å². The van der Waals surface area contributed by atoms with Gasteiger partial charge in [0, 0.05) is 26.1 Å². The summed E-state index contributed by atoms with van der Waals surface area (Å²) in [6.45, 7) is 4.10. The fraction of sp³-hybridized carbons (Fsp3) is 0.600. The zero-order valence-electron chi connectivity index (χ0n) is 11.7. The summed E-state index contributed by atoms with van der Waals surface area (Å²) in [7, 11) is 0. The second kappa shape index (κ2) is 5.56. The maximum absolute atomic E-state index is 12.7. The number of rotatable bonds is 3. The monoisotopic (exact) mass is 292 g/mol. The quantitative estimate of drug-likeness (QED) is 0.857. The van der Waals surface area contributed by atoms with Gasteiger partial charge in [0.2, 0.25) is 11.8 Å². The molecule has 1 aromatic heterocycles. The molecule has 2 saturated heterocycles. The van der Waals surface area contributed by atoms with Crippen molar-refractivity contribution in [2.75, 3.05) is 19.6 Å². The van der Waals surface area contributed by atoms with Crippen LogP contribution < -0.4 is 0 Å². The van der Waals surface area contributed by atoms with Crippen molar-refractivity contribution in [2.24, 2.45) is 5.92 Å². The van der Waals surface area contributed by atoms with E-state index in [0.29, 0.717) is 19.5 Å². The van der Waals surface area contributed by atoms with Crippen molar-refractivity contribution < 1.29 is 9.59 Å². The van der Waals surface area contributed by atoms with E-state index in [-0.39, 0.29) is 23.8 Å². The molecule has 20 heavy (non-hydrogen) atoms. The molecule has 2 aliphatic rings. The summed E-state index contributed by atoms with van der Waals surface area (Å²) in [6, 6.07) is 2.33. The number of amides is 2. The summed E-state index contributed by atoms with van der Waals surface area (Å²) in [5.41, 5.74) is 1.25. The van der Waals surface area contributed by atoms with Gasteiger partial charge in [-0.3, -0.25) is 9.59 Å². The molecule has 1 aromatic rings. The van der Waals surface area contributed by atoms with Crippen molar-refractivity contribution in [1.82, 2.24) is 9.80 Å². The predicted octanol–water partition coefficient (Wildman–Crippen LogP) is 2.28. The predicted molar refractivity (Wildman–Crippen MR) is 78.4 cm³/mol. The van der Waals surface area contributed by atoms with Crippen LogP contribution in [0, 0.1) is 5.92 Å². The number of nitrogens with zero attached hydrogens (tertiary/aromatic N) is 2. The highest BCUT2D eigenvalue weighted by Crippen LogP contribution is 2.35. The molecular formula is C15H20N2O2S. The van der Waals surface area contributed by atoms with Crippen LogP contribution in [0.2, 0.25) is 0 Å². The van der Waals surface area contributed by atoms with E-state index in [1.165, 1.54) is 5.56 Å². The molecule has 3 heterocycles. The van der Waals surface area contributed by atoms with Gasteiger partial charge in [-0.25, -0.2) is 0 Å². The van der Waals surface area contributed by atoms with Gasteiger partial charge in [0.1, 0.15) is 0 Å². The van der Waals surface area contributed by atoms with Crippen molar-refractivity contribution in [3.8, 4) is 0 Å². The molecule has 0 spiro atoms. The molecule has 2 fully saturated rings. The first-order chi connectivity index (χ1) is 9.70. The molecule has 0 N–H and O–H groups in total. The first kappa shape index (κ1) is 13.6. The Morgan fingerprint density at radius 3 is 3.00 bits per heavy atom. The highest BCUT2D eigenvalue weighted by molar-refractivity contribution is 7.07. The number of hydrogen-bond acceptors (Lipinski definition) is 3. The Balaban J connectivity index is 1.72. The summed E-state index contributed by atoms with van der Waals surface area (Å²) in [6.07, 6.45) is 2.49. The van der Waals surface area contributed by atoms with Gasteiger partial charge in [-0.05, 0) is 42.2 Å². The largest absolute Gasteiger partial charge is 0.342 e. The lowest BCUT2D eigenvalue weighted by Crippen LogP contribution is -2.37. The van der Waals surface area contributed by atoms with Gasteiger partial charge in [-0.15, -0.1) is 0 Å². The van der Waals surface area contributed by atoms with E-state index in [1.807, 2.05) is 11.8 Å². The molecule has 0 saturated carbocycles. The molecule has 4 nitrogen and oxygen atoms in total. The third kappa shape index (κ3) is 2.35. The molecule has 3 rings (SSSR count). The van der Waals surface area contributed by atoms with Crippen LogP contribution >= 0.6 is 11.3 Å². The van der Waals surface area contributed by atoms with E-state index in [2.05, 4.69) is 16.8 Å². The first-order valence-corrected chi connectivity index (χ1v) is 8.25. The van der Waals surface area contributed by atoms with Gasteiger partial charge in [0.05, 0.1) is 12.0 Å². The van der Waals surface area contributed by atoms with Gasteiger partial charge < -0.3 is 9.80 Å². The van der Waals surface area contributed by atoms with Crippen LogP contribution in [0.15, 0.2) is 16.8 Å². The van der Waals surface area contributed by atoms with E-state index >= 15 is 0 Å². The Morgan fingerprint density at radius 2 is 2.35 bits per heavy atom. The molecule has 108 valence electrons. The minimum atomic E-state index is -0.137. The molecule has 5 heteroatoms. The van der Waals surface area contributed by atoms with Gasteiger partial charge in [0.25, 0.3) is 0 Å². The SMILES string of the molecule is CCN1C[C@H](C(=O)N2CCC[C@@H]2c2ccsc2)CC1=O. The summed E-state index contributed by atoms with van der Waals surface area (Å²) in [5.74, 6) is 0.154. The Kier molecular flexibility index (Phi) is 3.78. The van der Waals surface area contributed by atoms with Crippen molar-refractivity contribution in [3.63, 3.8) is 0 Å². The Labute approximate surface area is 123 Å². The topological polar surface area (TPSA) is 40.6 Å². The Bertz CT molecular complexity index is 500. The van der Waals surface area contributed by atoms with Gasteiger partial charge in [-0.2, -0.15) is 11.3 Å². The van der Waals surface area contributed by atoms with E-state index in [4.69, 9.17) is 0 Å². The summed E-state index contributed by atoms with van der Waals surface area (Å²) in [4.78, 5) is 28.3. The maximum Gasteiger partial charge on any atom is 0.228 e. The zero-order valence-corrected chi connectivity index (χ0v) is 12.6. The molecule has 2 atom stereocenters. The van der Waals surface area contributed by atoms with Crippen LogP contribution in [0.3, 0.4) is 0 Å². The molecule has 2 aliphatic heterocycles. The van der Waals surface area contributed by atoms with Crippen LogP contribution in [-0.4, -0.2) is 41.2 Å². The van der Waals surface area contributed by atoms with E-state index < -0.39 is 0 Å². The molecule has 0 aromatic carbocycles. The van der Waals surface area contributed by atoms with Gasteiger partial charge in [-0.1, -0.05) is 0 Å². The van der Waals surface area contributed by atoms with Crippen molar-refractivity contribution in [3.05, 3.63) is 22.4 Å². The summed E-state index contributed by atoms with van der Waals surface area (Å²) >= 11 is 1.68. The average Bonchev–Trinajstić information content (AvgIpc) is 3.17.